The van der Waals surface area contributed by atoms with Gasteiger partial charge in [-0.1, -0.05) is 65.2 Å². The highest BCUT2D eigenvalue weighted by atomic mass is 16.1. The van der Waals surface area contributed by atoms with E-state index in [1.54, 1.807) is 0 Å². The average molecular weight is 314 g/mol. The van der Waals surface area contributed by atoms with Crippen LogP contribution >= 0.6 is 0 Å². The molecule has 0 aromatic carbocycles. The van der Waals surface area contributed by atoms with E-state index >= 15 is 0 Å². The van der Waals surface area contributed by atoms with Gasteiger partial charge in [-0.05, 0) is 32.2 Å². The summed E-state index contributed by atoms with van der Waals surface area (Å²) in [5.41, 5.74) is 11.1. The fourth-order valence-corrected chi connectivity index (χ4v) is 2.86. The van der Waals surface area contributed by atoms with Crippen molar-refractivity contribution in [2.24, 2.45) is 11.5 Å². The monoisotopic (exact) mass is 313 g/mol. The molecule has 0 aliphatic carbocycles. The predicted molar refractivity (Wildman–Crippen MR) is 95.7 cm³/mol. The Morgan fingerprint density at radius 3 is 1.95 bits per heavy atom. The molecule has 0 aliphatic rings. The zero-order chi connectivity index (χ0) is 16.6. The fourth-order valence-electron chi connectivity index (χ4n) is 2.86. The normalized spacial score (nSPS) is 14.0. The molecular weight excluding hydrogens is 274 g/mol. The molecule has 4 heteroatoms. The molecule has 0 spiro atoms. The smallest absolute Gasteiger partial charge is 0.234 e. The van der Waals surface area contributed by atoms with Gasteiger partial charge >= 0.3 is 0 Å². The first kappa shape index (κ1) is 21.4. The summed E-state index contributed by atoms with van der Waals surface area (Å²) in [6.07, 6.45) is 14.1. The maximum atomic E-state index is 11.6. The minimum absolute atomic E-state index is 0.217. The summed E-state index contributed by atoms with van der Waals surface area (Å²) in [4.78, 5) is 11.6. The molecule has 132 valence electrons. The van der Waals surface area contributed by atoms with Crippen LogP contribution in [0.5, 0.6) is 0 Å². The Kier molecular flexibility index (Phi) is 14.9. The first-order valence-corrected chi connectivity index (χ1v) is 9.41. The van der Waals surface area contributed by atoms with Gasteiger partial charge in [0.15, 0.2) is 0 Å². The molecule has 0 aromatic heterocycles. The van der Waals surface area contributed by atoms with E-state index in [1.807, 2.05) is 0 Å². The summed E-state index contributed by atoms with van der Waals surface area (Å²) in [6, 6.07) is 0.203. The van der Waals surface area contributed by atoms with Crippen LogP contribution < -0.4 is 16.8 Å². The number of unbranched alkanes of at least 4 members (excludes halogenated alkanes) is 6. The van der Waals surface area contributed by atoms with E-state index in [4.69, 9.17) is 11.5 Å². The van der Waals surface area contributed by atoms with Crippen LogP contribution in [0.1, 0.15) is 90.9 Å². The molecule has 0 fully saturated rings. The number of hydrogen-bond donors (Lipinski definition) is 3. The van der Waals surface area contributed by atoms with Gasteiger partial charge in [-0.25, -0.2) is 0 Å². The Labute approximate surface area is 137 Å². The minimum Gasteiger partial charge on any atom is -0.368 e. The summed E-state index contributed by atoms with van der Waals surface area (Å²) < 4.78 is 0. The van der Waals surface area contributed by atoms with E-state index < -0.39 is 0 Å². The molecule has 22 heavy (non-hydrogen) atoms. The van der Waals surface area contributed by atoms with Crippen LogP contribution in [0.25, 0.3) is 0 Å². The second kappa shape index (κ2) is 15.3. The van der Waals surface area contributed by atoms with Crippen LogP contribution in [0, 0.1) is 0 Å². The maximum absolute atomic E-state index is 11.6. The molecule has 0 saturated heterocycles. The van der Waals surface area contributed by atoms with Gasteiger partial charge in [0.25, 0.3) is 0 Å². The summed E-state index contributed by atoms with van der Waals surface area (Å²) in [5.74, 6) is -0.236. The Bertz CT molecular complexity index is 259. The van der Waals surface area contributed by atoms with Crippen molar-refractivity contribution in [1.29, 1.82) is 0 Å². The zero-order valence-corrected chi connectivity index (χ0v) is 14.9. The summed E-state index contributed by atoms with van der Waals surface area (Å²) in [6.45, 7) is 5.08. The van der Waals surface area contributed by atoms with Gasteiger partial charge in [0.1, 0.15) is 0 Å². The minimum atomic E-state index is -0.236. The predicted octanol–water partition coefficient (Wildman–Crippen LogP) is 3.48. The molecular formula is C18H39N3O. The van der Waals surface area contributed by atoms with Crippen molar-refractivity contribution in [3.05, 3.63) is 0 Å². The highest BCUT2D eigenvalue weighted by molar-refractivity contribution is 5.79. The van der Waals surface area contributed by atoms with Gasteiger partial charge in [-0.2, -0.15) is 0 Å². The molecule has 0 aliphatic heterocycles. The number of amides is 1. The molecule has 5 N–H and O–H groups in total. The summed E-state index contributed by atoms with van der Waals surface area (Å²) in [5, 5.41) is 3.51. The Morgan fingerprint density at radius 1 is 0.864 bits per heavy atom. The number of nitrogens with one attached hydrogen (secondary N) is 1. The first-order chi connectivity index (χ1) is 10.7. The quantitative estimate of drug-likeness (QED) is 0.382. The molecule has 0 rings (SSSR count). The van der Waals surface area contributed by atoms with E-state index in [-0.39, 0.29) is 11.9 Å². The van der Waals surface area contributed by atoms with Gasteiger partial charge in [-0.3, -0.25) is 4.79 Å². The van der Waals surface area contributed by atoms with E-state index in [1.165, 1.54) is 51.4 Å². The number of primary amides is 1. The standard InChI is InChI=1S/C18H39N3O/c1-3-5-7-8-10-13-16(12-9-6-4-2)21-17(18(20)22)14-11-15-19/h16-17,21H,3-15,19H2,1-2H3,(H2,20,22). The summed E-state index contributed by atoms with van der Waals surface area (Å²) >= 11 is 0. The topological polar surface area (TPSA) is 81.1 Å². The van der Waals surface area contributed by atoms with Crippen molar-refractivity contribution in [2.75, 3.05) is 6.54 Å². The Hall–Kier alpha value is -0.610. The fraction of sp³-hybridized carbons (Fsp3) is 0.944. The van der Waals surface area contributed by atoms with Crippen LogP contribution in [0.3, 0.4) is 0 Å². The van der Waals surface area contributed by atoms with Crippen molar-refractivity contribution < 1.29 is 4.79 Å². The van der Waals surface area contributed by atoms with Gasteiger partial charge in [0, 0.05) is 6.04 Å². The maximum Gasteiger partial charge on any atom is 0.234 e. The zero-order valence-electron chi connectivity index (χ0n) is 14.9. The lowest BCUT2D eigenvalue weighted by Crippen LogP contribution is -2.46. The molecule has 0 saturated carbocycles. The van der Waals surface area contributed by atoms with Crippen LogP contribution in [-0.2, 0) is 4.79 Å². The van der Waals surface area contributed by atoms with Gasteiger partial charge < -0.3 is 16.8 Å². The second-order valence-corrected chi connectivity index (χ2v) is 6.45. The van der Waals surface area contributed by atoms with Crippen molar-refractivity contribution >= 4 is 5.91 Å². The van der Waals surface area contributed by atoms with Crippen LogP contribution in [0.4, 0.5) is 0 Å². The van der Waals surface area contributed by atoms with E-state index in [0.717, 1.165) is 25.7 Å². The first-order valence-electron chi connectivity index (χ1n) is 9.41. The van der Waals surface area contributed by atoms with Crippen LogP contribution in [0.15, 0.2) is 0 Å². The van der Waals surface area contributed by atoms with E-state index in [0.29, 0.717) is 12.6 Å². The second-order valence-electron chi connectivity index (χ2n) is 6.45. The van der Waals surface area contributed by atoms with E-state index in [2.05, 4.69) is 19.2 Å². The number of hydrogen-bond acceptors (Lipinski definition) is 3. The Balaban J connectivity index is 4.24. The third kappa shape index (κ3) is 12.0. The highest BCUT2D eigenvalue weighted by Gasteiger charge is 2.19. The highest BCUT2D eigenvalue weighted by Crippen LogP contribution is 2.14. The largest absolute Gasteiger partial charge is 0.368 e. The molecule has 1 amide bonds. The van der Waals surface area contributed by atoms with Crippen LogP contribution in [-0.4, -0.2) is 24.5 Å². The summed E-state index contributed by atoms with van der Waals surface area (Å²) in [7, 11) is 0. The number of carbonyl (C=O) groups excluding carboxylic acids is 1. The Morgan fingerprint density at radius 2 is 1.41 bits per heavy atom. The lowest BCUT2D eigenvalue weighted by Gasteiger charge is -2.24. The molecule has 0 bridgehead atoms. The van der Waals surface area contributed by atoms with E-state index in [9.17, 15) is 4.79 Å². The van der Waals surface area contributed by atoms with Crippen LogP contribution in [0.2, 0.25) is 0 Å². The third-order valence-corrected chi connectivity index (χ3v) is 4.29. The molecule has 0 heterocycles. The van der Waals surface area contributed by atoms with Gasteiger partial charge in [-0.15, -0.1) is 0 Å². The third-order valence-electron chi connectivity index (χ3n) is 4.29. The van der Waals surface area contributed by atoms with Crippen molar-refractivity contribution in [2.45, 2.75) is 103 Å². The van der Waals surface area contributed by atoms with Gasteiger partial charge in [0.2, 0.25) is 5.91 Å². The number of rotatable bonds is 16. The molecule has 0 radical (unpaired) electrons. The van der Waals surface area contributed by atoms with Crippen molar-refractivity contribution in [3.63, 3.8) is 0 Å². The SMILES string of the molecule is CCCCCCCC(CCCCC)NC(CCCN)C(N)=O. The molecule has 2 atom stereocenters. The molecule has 4 nitrogen and oxygen atoms in total. The number of nitrogens with two attached hydrogens (primary N) is 2. The van der Waals surface area contributed by atoms with Gasteiger partial charge in [0.05, 0.1) is 6.04 Å². The molecule has 0 aromatic rings. The average Bonchev–Trinajstić information content (AvgIpc) is 2.50. The van der Waals surface area contributed by atoms with Crippen molar-refractivity contribution in [1.82, 2.24) is 5.32 Å². The lowest BCUT2D eigenvalue weighted by atomic mass is 9.99. The molecule has 2 unspecified atom stereocenters. The van der Waals surface area contributed by atoms with Crippen molar-refractivity contribution in [3.8, 4) is 0 Å². The lowest BCUT2D eigenvalue weighted by molar-refractivity contribution is -0.120. The number of carbonyl (C=O) groups is 1.